The zero-order valence-electron chi connectivity index (χ0n) is 18.4. The maximum atomic E-state index is 13.9. The highest BCUT2D eigenvalue weighted by molar-refractivity contribution is 6.15. The Labute approximate surface area is 182 Å². The van der Waals surface area contributed by atoms with Crippen molar-refractivity contribution >= 4 is 23.4 Å². The Morgan fingerprint density at radius 3 is 2.39 bits per heavy atom. The number of imide groups is 1. The summed E-state index contributed by atoms with van der Waals surface area (Å²) >= 11 is 0. The van der Waals surface area contributed by atoms with Crippen molar-refractivity contribution < 1.29 is 19.5 Å². The van der Waals surface area contributed by atoms with Crippen LogP contribution in [-0.2, 0) is 19.9 Å². The minimum atomic E-state index is -1.33. The maximum Gasteiger partial charge on any atom is 0.250 e. The molecule has 2 saturated heterocycles. The first-order valence-corrected chi connectivity index (χ1v) is 11.5. The normalized spacial score (nSPS) is 34.1. The summed E-state index contributed by atoms with van der Waals surface area (Å²) in [4.78, 5) is 42.5. The van der Waals surface area contributed by atoms with Crippen LogP contribution in [0, 0.1) is 25.7 Å². The van der Waals surface area contributed by atoms with Gasteiger partial charge in [0.05, 0.1) is 17.9 Å². The van der Waals surface area contributed by atoms with E-state index in [-0.39, 0.29) is 23.8 Å². The molecule has 1 spiro atoms. The average Bonchev–Trinajstić information content (AvgIpc) is 3.18. The molecule has 0 bridgehead atoms. The van der Waals surface area contributed by atoms with Crippen molar-refractivity contribution in [3.05, 3.63) is 28.8 Å². The fourth-order valence-corrected chi connectivity index (χ4v) is 6.50. The summed E-state index contributed by atoms with van der Waals surface area (Å²) in [6.07, 6.45) is 5.01. The van der Waals surface area contributed by atoms with Gasteiger partial charge in [-0.15, -0.1) is 0 Å². The lowest BCUT2D eigenvalue weighted by atomic mass is 9.75. The smallest absolute Gasteiger partial charge is 0.250 e. The van der Waals surface area contributed by atoms with Crippen LogP contribution in [0.1, 0.15) is 62.1 Å². The van der Waals surface area contributed by atoms with E-state index in [1.807, 2.05) is 26.0 Å². The number of aliphatic hydroxyl groups is 1. The van der Waals surface area contributed by atoms with E-state index in [4.69, 9.17) is 0 Å². The number of benzene rings is 1. The lowest BCUT2D eigenvalue weighted by Crippen LogP contribution is -2.55. The molecule has 0 radical (unpaired) electrons. The van der Waals surface area contributed by atoms with E-state index in [2.05, 4.69) is 10.6 Å². The van der Waals surface area contributed by atoms with Crippen LogP contribution in [0.3, 0.4) is 0 Å². The van der Waals surface area contributed by atoms with Crippen molar-refractivity contribution in [1.82, 2.24) is 10.2 Å². The Balaban J connectivity index is 1.65. The molecule has 31 heavy (non-hydrogen) atoms. The highest BCUT2D eigenvalue weighted by Crippen LogP contribution is 2.54. The summed E-state index contributed by atoms with van der Waals surface area (Å²) in [5.74, 6) is -2.39. The number of likely N-dealkylation sites (tertiary alicyclic amines) is 1. The van der Waals surface area contributed by atoms with Crippen molar-refractivity contribution in [1.29, 1.82) is 0 Å². The van der Waals surface area contributed by atoms with Crippen molar-refractivity contribution in [2.24, 2.45) is 11.8 Å². The SMILES string of the molecule is Cc1cc(C)c2c(c1)[C@]1(N[C@H]([C@@H](C)O)[C@H]3C(=O)N(C4CCCCCC4)C(=O)[C@H]31)C(=O)N2. The van der Waals surface area contributed by atoms with Gasteiger partial charge in [0, 0.05) is 23.3 Å². The number of anilines is 1. The fraction of sp³-hybridized carbons (Fsp3) is 0.625. The van der Waals surface area contributed by atoms with Gasteiger partial charge in [-0.05, 0) is 39.2 Å². The molecule has 7 nitrogen and oxygen atoms in total. The molecule has 0 aromatic heterocycles. The Morgan fingerprint density at radius 1 is 1.06 bits per heavy atom. The van der Waals surface area contributed by atoms with Crippen LogP contribution in [0.25, 0.3) is 0 Å². The molecule has 3 amide bonds. The first-order valence-electron chi connectivity index (χ1n) is 11.5. The zero-order chi connectivity index (χ0) is 22.1. The highest BCUT2D eigenvalue weighted by atomic mass is 16.3. The molecule has 166 valence electrons. The Hall–Kier alpha value is -2.25. The van der Waals surface area contributed by atoms with Crippen LogP contribution >= 0.6 is 0 Å². The number of hydrogen-bond acceptors (Lipinski definition) is 5. The Bertz CT molecular complexity index is 966. The number of aliphatic hydroxyl groups excluding tert-OH is 1. The Kier molecular flexibility index (Phi) is 4.75. The van der Waals surface area contributed by atoms with Crippen molar-refractivity contribution in [2.45, 2.75) is 83.0 Å². The molecule has 5 atom stereocenters. The molecule has 3 heterocycles. The van der Waals surface area contributed by atoms with Crippen LogP contribution in [0.4, 0.5) is 5.69 Å². The number of hydrogen-bond donors (Lipinski definition) is 3. The first-order chi connectivity index (χ1) is 14.8. The van der Waals surface area contributed by atoms with E-state index in [1.54, 1.807) is 6.92 Å². The van der Waals surface area contributed by atoms with Gasteiger partial charge in [0.1, 0.15) is 5.54 Å². The molecule has 1 saturated carbocycles. The number of nitrogens with one attached hydrogen (secondary N) is 2. The van der Waals surface area contributed by atoms with Gasteiger partial charge in [-0.1, -0.05) is 43.4 Å². The van der Waals surface area contributed by atoms with Crippen LogP contribution < -0.4 is 10.6 Å². The number of aryl methyl sites for hydroxylation is 2. The topological polar surface area (TPSA) is 98.7 Å². The summed E-state index contributed by atoms with van der Waals surface area (Å²) in [5, 5.41) is 16.8. The molecule has 3 fully saturated rings. The summed E-state index contributed by atoms with van der Waals surface area (Å²) in [6, 6.07) is 3.16. The minimum absolute atomic E-state index is 0.108. The second kappa shape index (κ2) is 7.14. The first kappa shape index (κ1) is 20.6. The quantitative estimate of drug-likeness (QED) is 0.498. The van der Waals surface area contributed by atoms with Crippen LogP contribution in [0.2, 0.25) is 0 Å². The van der Waals surface area contributed by atoms with E-state index in [1.165, 1.54) is 4.90 Å². The minimum Gasteiger partial charge on any atom is -0.392 e. The lowest BCUT2D eigenvalue weighted by molar-refractivity contribution is -0.146. The summed E-state index contributed by atoms with van der Waals surface area (Å²) in [7, 11) is 0. The monoisotopic (exact) mass is 425 g/mol. The molecular formula is C24H31N3O4. The van der Waals surface area contributed by atoms with Gasteiger partial charge in [0.2, 0.25) is 17.7 Å². The summed E-state index contributed by atoms with van der Waals surface area (Å²) < 4.78 is 0. The lowest BCUT2D eigenvalue weighted by Gasteiger charge is -2.32. The van der Waals surface area contributed by atoms with Gasteiger partial charge >= 0.3 is 0 Å². The van der Waals surface area contributed by atoms with Crippen LogP contribution in [0.15, 0.2) is 12.1 Å². The van der Waals surface area contributed by atoms with Crippen molar-refractivity contribution in [3.8, 4) is 0 Å². The molecule has 7 heteroatoms. The number of amides is 3. The highest BCUT2D eigenvalue weighted by Gasteiger charge is 2.71. The molecule has 3 N–H and O–H groups in total. The molecule has 1 aromatic rings. The third-order valence-corrected chi connectivity index (χ3v) is 7.84. The van der Waals surface area contributed by atoms with Crippen LogP contribution in [-0.4, -0.2) is 45.9 Å². The van der Waals surface area contributed by atoms with Crippen molar-refractivity contribution in [3.63, 3.8) is 0 Å². The van der Waals surface area contributed by atoms with Gasteiger partial charge in [-0.3, -0.25) is 24.6 Å². The van der Waals surface area contributed by atoms with Gasteiger partial charge in [-0.2, -0.15) is 0 Å². The predicted octanol–water partition coefficient (Wildman–Crippen LogP) is 2.13. The van der Waals surface area contributed by atoms with Crippen LogP contribution in [0.5, 0.6) is 0 Å². The molecule has 1 aliphatic carbocycles. The number of carbonyl (C=O) groups is 3. The fourth-order valence-electron chi connectivity index (χ4n) is 6.50. The largest absolute Gasteiger partial charge is 0.392 e. The molecular weight excluding hydrogens is 394 g/mol. The second-order valence-corrected chi connectivity index (χ2v) is 9.87. The average molecular weight is 426 g/mol. The van der Waals surface area contributed by atoms with E-state index < -0.39 is 29.5 Å². The van der Waals surface area contributed by atoms with Gasteiger partial charge in [0.25, 0.3) is 0 Å². The van der Waals surface area contributed by atoms with Gasteiger partial charge < -0.3 is 10.4 Å². The van der Waals surface area contributed by atoms with E-state index in [0.717, 1.165) is 55.2 Å². The molecule has 3 aliphatic heterocycles. The van der Waals surface area contributed by atoms with E-state index >= 15 is 0 Å². The zero-order valence-corrected chi connectivity index (χ0v) is 18.4. The predicted molar refractivity (Wildman–Crippen MR) is 115 cm³/mol. The number of nitrogens with zero attached hydrogens (tertiary/aromatic N) is 1. The van der Waals surface area contributed by atoms with E-state index in [0.29, 0.717) is 5.69 Å². The molecule has 4 aliphatic rings. The molecule has 5 rings (SSSR count). The van der Waals surface area contributed by atoms with Gasteiger partial charge in [0.15, 0.2) is 0 Å². The maximum absolute atomic E-state index is 13.9. The number of carbonyl (C=O) groups excluding carboxylic acids is 3. The number of rotatable bonds is 2. The summed E-state index contributed by atoms with van der Waals surface area (Å²) in [5.41, 5.74) is 2.02. The summed E-state index contributed by atoms with van der Waals surface area (Å²) in [6.45, 7) is 5.51. The third-order valence-electron chi connectivity index (χ3n) is 7.84. The third kappa shape index (κ3) is 2.75. The van der Waals surface area contributed by atoms with Gasteiger partial charge in [-0.25, -0.2) is 0 Å². The molecule has 0 unspecified atom stereocenters. The Morgan fingerprint density at radius 2 is 1.74 bits per heavy atom. The van der Waals surface area contributed by atoms with Crippen molar-refractivity contribution in [2.75, 3.05) is 5.32 Å². The number of fused-ring (bicyclic) bond motifs is 4. The molecule has 1 aromatic carbocycles. The second-order valence-electron chi connectivity index (χ2n) is 9.87. The van der Waals surface area contributed by atoms with E-state index in [9.17, 15) is 19.5 Å². The standard InChI is InChI=1S/C24H31N3O4/c1-12-10-13(2)19-16(11-12)24(23(31)25-19)18-17(20(26-24)14(3)28)21(29)27(22(18)30)15-8-6-4-5-7-9-15/h10-11,14-15,17-18,20,26,28H,4-9H2,1-3H3,(H,25,31)/t14-,17+,18+,20-,24-/m1/s1.